The maximum atomic E-state index is 10.9. The predicted octanol–water partition coefficient (Wildman–Crippen LogP) is 1.97. The topological polar surface area (TPSA) is 53.8 Å². The first kappa shape index (κ1) is 9.35. The van der Waals surface area contributed by atoms with E-state index in [-0.39, 0.29) is 5.78 Å². The number of pyridine rings is 1. The predicted molar refractivity (Wildman–Crippen MR) is 53.5 cm³/mol. The van der Waals surface area contributed by atoms with Crippen LogP contribution < -0.4 is 0 Å². The Hall–Kier alpha value is -1.21. The van der Waals surface area contributed by atoms with E-state index in [0.29, 0.717) is 23.1 Å². The van der Waals surface area contributed by atoms with E-state index in [1.807, 2.05) is 6.07 Å². The standard InChI is InChI=1S/C10H7BrN2O/c11-9-3-1-2-8(13-9)10(6-12)4-7(14)5-10/h1-3H,4-5H2. The summed E-state index contributed by atoms with van der Waals surface area (Å²) in [5.74, 6) is 0.133. The zero-order chi connectivity index (χ0) is 10.2. The minimum atomic E-state index is -0.666. The van der Waals surface area contributed by atoms with Gasteiger partial charge in [0.2, 0.25) is 0 Å². The number of hydrogen-bond acceptors (Lipinski definition) is 3. The molecule has 2 rings (SSSR count). The number of halogens is 1. The van der Waals surface area contributed by atoms with Crippen LogP contribution in [0.15, 0.2) is 22.8 Å². The molecule has 0 atom stereocenters. The second-order valence-electron chi connectivity index (χ2n) is 3.43. The van der Waals surface area contributed by atoms with Gasteiger partial charge in [-0.1, -0.05) is 6.07 Å². The molecule has 1 saturated carbocycles. The Morgan fingerprint density at radius 2 is 2.21 bits per heavy atom. The molecule has 1 aliphatic carbocycles. The number of hydrogen-bond donors (Lipinski definition) is 0. The van der Waals surface area contributed by atoms with Crippen molar-refractivity contribution in [3.05, 3.63) is 28.5 Å². The molecule has 0 N–H and O–H groups in total. The number of nitrogens with zero attached hydrogens (tertiary/aromatic N) is 2. The lowest BCUT2D eigenvalue weighted by Gasteiger charge is -2.32. The Labute approximate surface area is 89.9 Å². The van der Waals surface area contributed by atoms with Crippen LogP contribution in [-0.2, 0) is 10.2 Å². The smallest absolute Gasteiger partial charge is 0.136 e. The Morgan fingerprint density at radius 1 is 1.50 bits per heavy atom. The summed E-state index contributed by atoms with van der Waals surface area (Å²) in [5.41, 5.74) is 0.0231. The molecule has 1 fully saturated rings. The number of aromatic nitrogens is 1. The molecule has 1 aliphatic rings. The van der Waals surface area contributed by atoms with Gasteiger partial charge in [-0.05, 0) is 28.1 Å². The minimum absolute atomic E-state index is 0.133. The number of Topliss-reactive ketones (excluding diaryl/α,β-unsaturated/α-hetero) is 1. The Morgan fingerprint density at radius 3 is 2.71 bits per heavy atom. The van der Waals surface area contributed by atoms with Crippen LogP contribution >= 0.6 is 15.9 Å². The van der Waals surface area contributed by atoms with E-state index >= 15 is 0 Å². The molecular formula is C10H7BrN2O. The molecule has 0 radical (unpaired) electrons. The molecule has 4 heteroatoms. The number of nitriles is 1. The quantitative estimate of drug-likeness (QED) is 0.717. The summed E-state index contributed by atoms with van der Waals surface area (Å²) >= 11 is 3.25. The van der Waals surface area contributed by atoms with Crippen molar-refractivity contribution in [3.8, 4) is 6.07 Å². The molecule has 0 aliphatic heterocycles. The van der Waals surface area contributed by atoms with Crippen molar-refractivity contribution >= 4 is 21.7 Å². The molecule has 1 heterocycles. The monoisotopic (exact) mass is 250 g/mol. The van der Waals surface area contributed by atoms with E-state index in [4.69, 9.17) is 5.26 Å². The highest BCUT2D eigenvalue weighted by molar-refractivity contribution is 9.10. The van der Waals surface area contributed by atoms with E-state index < -0.39 is 5.41 Å². The second kappa shape index (κ2) is 3.18. The fourth-order valence-corrected chi connectivity index (χ4v) is 1.96. The normalized spacial score (nSPS) is 18.4. The molecule has 0 amide bonds. The Balaban J connectivity index is 2.39. The van der Waals surface area contributed by atoms with Crippen molar-refractivity contribution in [2.24, 2.45) is 0 Å². The van der Waals surface area contributed by atoms with Crippen molar-refractivity contribution in [1.29, 1.82) is 5.26 Å². The lowest BCUT2D eigenvalue weighted by molar-refractivity contribution is -0.126. The van der Waals surface area contributed by atoms with Crippen molar-refractivity contribution in [3.63, 3.8) is 0 Å². The van der Waals surface area contributed by atoms with Crippen LogP contribution in [0.1, 0.15) is 18.5 Å². The lowest BCUT2D eigenvalue weighted by atomic mass is 9.67. The maximum Gasteiger partial charge on any atom is 0.136 e. The van der Waals surface area contributed by atoms with E-state index in [1.165, 1.54) is 0 Å². The van der Waals surface area contributed by atoms with Crippen LogP contribution in [0, 0.1) is 11.3 Å². The third-order valence-electron chi connectivity index (χ3n) is 2.42. The van der Waals surface area contributed by atoms with Gasteiger partial charge in [0.05, 0.1) is 11.8 Å². The first-order valence-corrected chi connectivity index (χ1v) is 5.02. The number of carbonyl (C=O) groups excluding carboxylic acids is 1. The zero-order valence-corrected chi connectivity index (χ0v) is 8.91. The van der Waals surface area contributed by atoms with Crippen LogP contribution in [0.5, 0.6) is 0 Å². The molecular weight excluding hydrogens is 244 g/mol. The third kappa shape index (κ3) is 1.34. The first-order valence-electron chi connectivity index (χ1n) is 4.22. The van der Waals surface area contributed by atoms with Gasteiger partial charge in [-0.25, -0.2) is 4.98 Å². The van der Waals surface area contributed by atoms with Crippen molar-refractivity contribution in [2.75, 3.05) is 0 Å². The summed E-state index contributed by atoms with van der Waals surface area (Å²) in [6.07, 6.45) is 0.597. The summed E-state index contributed by atoms with van der Waals surface area (Å²) in [6.45, 7) is 0. The summed E-state index contributed by atoms with van der Waals surface area (Å²) in [4.78, 5) is 15.2. The van der Waals surface area contributed by atoms with Gasteiger partial charge in [-0.3, -0.25) is 4.79 Å². The van der Waals surface area contributed by atoms with Gasteiger partial charge in [0.25, 0.3) is 0 Å². The number of ketones is 1. The minimum Gasteiger partial charge on any atom is -0.300 e. The average Bonchev–Trinajstić information content (AvgIpc) is 2.12. The van der Waals surface area contributed by atoms with Gasteiger partial charge in [-0.15, -0.1) is 0 Å². The van der Waals surface area contributed by atoms with Crippen LogP contribution in [0.2, 0.25) is 0 Å². The average molecular weight is 251 g/mol. The van der Waals surface area contributed by atoms with E-state index in [9.17, 15) is 4.79 Å². The first-order chi connectivity index (χ1) is 6.66. The maximum absolute atomic E-state index is 10.9. The number of carbonyl (C=O) groups is 1. The highest BCUT2D eigenvalue weighted by atomic mass is 79.9. The Bertz CT molecular complexity index is 428. The largest absolute Gasteiger partial charge is 0.300 e. The van der Waals surface area contributed by atoms with E-state index in [1.54, 1.807) is 12.1 Å². The molecule has 14 heavy (non-hydrogen) atoms. The van der Waals surface area contributed by atoms with Gasteiger partial charge in [0.1, 0.15) is 15.8 Å². The van der Waals surface area contributed by atoms with Gasteiger partial charge in [0.15, 0.2) is 0 Å². The van der Waals surface area contributed by atoms with Crippen LogP contribution in [0.4, 0.5) is 0 Å². The highest BCUT2D eigenvalue weighted by Crippen LogP contribution is 2.39. The van der Waals surface area contributed by atoms with Gasteiger partial charge >= 0.3 is 0 Å². The molecule has 0 saturated heterocycles. The SMILES string of the molecule is N#CC1(c2cccc(Br)n2)CC(=O)C1. The lowest BCUT2D eigenvalue weighted by Crippen LogP contribution is -2.41. The van der Waals surface area contributed by atoms with E-state index in [0.717, 1.165) is 0 Å². The fraction of sp³-hybridized carbons (Fsp3) is 0.300. The fourth-order valence-electron chi connectivity index (χ4n) is 1.61. The van der Waals surface area contributed by atoms with Crippen molar-refractivity contribution in [1.82, 2.24) is 4.98 Å². The van der Waals surface area contributed by atoms with Crippen LogP contribution in [0.3, 0.4) is 0 Å². The molecule has 0 spiro atoms. The van der Waals surface area contributed by atoms with Crippen molar-refractivity contribution in [2.45, 2.75) is 18.3 Å². The summed E-state index contributed by atoms with van der Waals surface area (Å²) in [5, 5.41) is 9.04. The molecule has 3 nitrogen and oxygen atoms in total. The van der Waals surface area contributed by atoms with Gasteiger partial charge in [0, 0.05) is 12.8 Å². The second-order valence-corrected chi connectivity index (χ2v) is 4.24. The van der Waals surface area contributed by atoms with Gasteiger partial charge < -0.3 is 0 Å². The van der Waals surface area contributed by atoms with Crippen LogP contribution in [0.25, 0.3) is 0 Å². The van der Waals surface area contributed by atoms with Crippen LogP contribution in [-0.4, -0.2) is 10.8 Å². The van der Waals surface area contributed by atoms with Gasteiger partial charge in [-0.2, -0.15) is 5.26 Å². The summed E-state index contributed by atoms with van der Waals surface area (Å²) in [7, 11) is 0. The molecule has 0 bridgehead atoms. The third-order valence-corrected chi connectivity index (χ3v) is 2.86. The molecule has 1 aromatic rings. The van der Waals surface area contributed by atoms with E-state index in [2.05, 4.69) is 27.0 Å². The molecule has 70 valence electrons. The zero-order valence-electron chi connectivity index (χ0n) is 7.33. The van der Waals surface area contributed by atoms with Crippen molar-refractivity contribution < 1.29 is 4.79 Å². The Kier molecular flexibility index (Phi) is 2.12. The summed E-state index contributed by atoms with van der Waals surface area (Å²) < 4.78 is 0.698. The molecule has 0 aromatic carbocycles. The highest BCUT2D eigenvalue weighted by Gasteiger charge is 2.46. The summed E-state index contributed by atoms with van der Waals surface area (Å²) in [6, 6.07) is 7.61. The molecule has 1 aromatic heterocycles. The number of rotatable bonds is 1. The molecule has 0 unspecified atom stereocenters.